The van der Waals surface area contributed by atoms with Gasteiger partial charge in [-0.25, -0.2) is 0 Å². The fourth-order valence-electron chi connectivity index (χ4n) is 3.27. The van der Waals surface area contributed by atoms with Crippen molar-refractivity contribution in [3.05, 3.63) is 30.3 Å². The Morgan fingerprint density at radius 3 is 2.40 bits per heavy atom. The maximum absolute atomic E-state index is 8.93. The van der Waals surface area contributed by atoms with Crippen LogP contribution < -0.4 is 4.90 Å². The van der Waals surface area contributed by atoms with Gasteiger partial charge in [-0.15, -0.1) is 0 Å². The van der Waals surface area contributed by atoms with Crippen molar-refractivity contribution < 1.29 is 4.74 Å². The molecular formula is C17H24N2O. The highest BCUT2D eigenvalue weighted by atomic mass is 16.5. The van der Waals surface area contributed by atoms with Crippen LogP contribution in [0, 0.1) is 11.3 Å². The molecular weight excluding hydrogens is 248 g/mol. The summed E-state index contributed by atoms with van der Waals surface area (Å²) in [5.74, 6) is 0. The molecule has 1 atom stereocenters. The van der Waals surface area contributed by atoms with E-state index in [2.05, 4.69) is 50.8 Å². The molecule has 0 spiro atoms. The van der Waals surface area contributed by atoms with Crippen molar-refractivity contribution in [3.8, 4) is 6.07 Å². The highest BCUT2D eigenvalue weighted by molar-refractivity contribution is 5.48. The molecule has 0 bridgehead atoms. The van der Waals surface area contributed by atoms with E-state index < -0.39 is 0 Å². The molecule has 1 aliphatic heterocycles. The van der Waals surface area contributed by atoms with Gasteiger partial charge >= 0.3 is 0 Å². The lowest BCUT2D eigenvalue weighted by Crippen LogP contribution is -2.47. The van der Waals surface area contributed by atoms with Crippen LogP contribution in [0.4, 0.5) is 5.69 Å². The van der Waals surface area contributed by atoms with Gasteiger partial charge in [-0.2, -0.15) is 5.26 Å². The van der Waals surface area contributed by atoms with E-state index >= 15 is 0 Å². The second-order valence-corrected chi connectivity index (χ2v) is 6.62. The minimum Gasteiger partial charge on any atom is -0.367 e. The van der Waals surface area contributed by atoms with Crippen molar-refractivity contribution in [3.63, 3.8) is 0 Å². The molecule has 1 saturated heterocycles. The normalized spacial score (nSPS) is 23.2. The summed E-state index contributed by atoms with van der Waals surface area (Å²) < 4.78 is 6.21. The van der Waals surface area contributed by atoms with E-state index in [0.29, 0.717) is 6.42 Å². The van der Waals surface area contributed by atoms with Gasteiger partial charge in [0.2, 0.25) is 0 Å². The predicted octanol–water partition coefficient (Wildman–Crippen LogP) is 3.75. The van der Waals surface area contributed by atoms with Gasteiger partial charge in [-0.3, -0.25) is 0 Å². The molecule has 1 aromatic rings. The van der Waals surface area contributed by atoms with E-state index in [1.54, 1.807) is 0 Å². The fraction of sp³-hybridized carbons (Fsp3) is 0.588. The number of ether oxygens (including phenoxy) is 1. The van der Waals surface area contributed by atoms with E-state index in [4.69, 9.17) is 10.00 Å². The molecule has 108 valence electrons. The smallest absolute Gasteiger partial charge is 0.0837 e. The Morgan fingerprint density at radius 2 is 1.90 bits per heavy atom. The summed E-state index contributed by atoms with van der Waals surface area (Å²) in [6.07, 6.45) is 1.50. The Morgan fingerprint density at radius 1 is 1.25 bits per heavy atom. The zero-order valence-corrected chi connectivity index (χ0v) is 12.9. The Kier molecular flexibility index (Phi) is 4.06. The monoisotopic (exact) mass is 272 g/mol. The van der Waals surface area contributed by atoms with Gasteiger partial charge in [0.1, 0.15) is 0 Å². The van der Waals surface area contributed by atoms with Gasteiger partial charge in [0.15, 0.2) is 0 Å². The molecule has 0 N–H and O–H groups in total. The Labute approximate surface area is 122 Å². The topological polar surface area (TPSA) is 36.3 Å². The largest absolute Gasteiger partial charge is 0.367 e. The summed E-state index contributed by atoms with van der Waals surface area (Å²) in [4.78, 5) is 2.33. The van der Waals surface area contributed by atoms with Gasteiger partial charge in [0, 0.05) is 12.2 Å². The van der Waals surface area contributed by atoms with Crippen LogP contribution in [-0.4, -0.2) is 23.8 Å². The summed E-state index contributed by atoms with van der Waals surface area (Å²) in [5, 5.41) is 8.93. The minimum absolute atomic E-state index is 0.117. The molecule has 1 heterocycles. The van der Waals surface area contributed by atoms with Crippen LogP contribution in [0.5, 0.6) is 0 Å². The number of benzene rings is 1. The lowest BCUT2D eigenvalue weighted by molar-refractivity contribution is -0.0679. The number of rotatable bonds is 4. The summed E-state index contributed by atoms with van der Waals surface area (Å²) >= 11 is 0. The lowest BCUT2D eigenvalue weighted by Gasteiger charge is -2.37. The molecule has 0 aromatic heterocycles. The summed E-state index contributed by atoms with van der Waals surface area (Å²) in [5.41, 5.74) is 0.838. The first-order chi connectivity index (χ1) is 9.36. The van der Waals surface area contributed by atoms with E-state index in [1.807, 2.05) is 18.2 Å². The summed E-state index contributed by atoms with van der Waals surface area (Å²) in [7, 11) is 0. The van der Waals surface area contributed by atoms with E-state index in [-0.39, 0.29) is 17.2 Å². The van der Waals surface area contributed by atoms with Gasteiger partial charge < -0.3 is 9.64 Å². The average Bonchev–Trinajstić information content (AvgIpc) is 2.59. The molecule has 1 fully saturated rings. The molecule has 0 radical (unpaired) electrons. The standard InChI is InChI=1S/C17H24N2O/c1-16(2)13-15(17(3,4)20-16)19(12-8-11-18)14-9-6-5-7-10-14/h5-7,9-10,15H,8,12-13H2,1-4H3. The van der Waals surface area contributed by atoms with Crippen molar-refractivity contribution in [1.82, 2.24) is 0 Å². The van der Waals surface area contributed by atoms with E-state index in [9.17, 15) is 0 Å². The highest BCUT2D eigenvalue weighted by Crippen LogP contribution is 2.41. The maximum atomic E-state index is 8.93. The number of anilines is 1. The summed E-state index contributed by atoms with van der Waals surface area (Å²) in [6, 6.07) is 12.9. The highest BCUT2D eigenvalue weighted by Gasteiger charge is 2.48. The molecule has 1 unspecified atom stereocenters. The van der Waals surface area contributed by atoms with Crippen LogP contribution >= 0.6 is 0 Å². The number of hydrogen-bond acceptors (Lipinski definition) is 3. The third-order valence-corrected chi connectivity index (χ3v) is 3.96. The zero-order chi connectivity index (χ0) is 14.8. The maximum Gasteiger partial charge on any atom is 0.0837 e. The molecule has 0 aliphatic carbocycles. The third-order valence-electron chi connectivity index (χ3n) is 3.96. The third kappa shape index (κ3) is 3.13. The lowest BCUT2D eigenvalue weighted by atomic mass is 9.92. The van der Waals surface area contributed by atoms with Crippen LogP contribution in [0.1, 0.15) is 40.5 Å². The van der Waals surface area contributed by atoms with Gasteiger partial charge in [-0.1, -0.05) is 18.2 Å². The first kappa shape index (κ1) is 14.9. The van der Waals surface area contributed by atoms with Crippen molar-refractivity contribution in [1.29, 1.82) is 5.26 Å². The van der Waals surface area contributed by atoms with Crippen molar-refractivity contribution in [2.24, 2.45) is 0 Å². The fourth-order valence-corrected chi connectivity index (χ4v) is 3.27. The van der Waals surface area contributed by atoms with Crippen LogP contribution in [-0.2, 0) is 4.74 Å². The quantitative estimate of drug-likeness (QED) is 0.837. The van der Waals surface area contributed by atoms with Gasteiger partial charge in [0.05, 0.1) is 29.7 Å². The molecule has 3 heteroatoms. The Bertz CT molecular complexity index is 487. The number of nitrogens with zero attached hydrogens (tertiary/aromatic N) is 2. The van der Waals surface area contributed by atoms with Crippen molar-refractivity contribution in [2.75, 3.05) is 11.4 Å². The van der Waals surface area contributed by atoms with Crippen LogP contribution in [0.15, 0.2) is 30.3 Å². The molecule has 2 rings (SSSR count). The zero-order valence-electron chi connectivity index (χ0n) is 12.9. The molecule has 0 amide bonds. The molecule has 3 nitrogen and oxygen atoms in total. The molecule has 1 aromatic carbocycles. The molecule has 1 aliphatic rings. The first-order valence-corrected chi connectivity index (χ1v) is 7.24. The van der Waals surface area contributed by atoms with Gasteiger partial charge in [0.25, 0.3) is 0 Å². The SMILES string of the molecule is CC1(C)CC(N(CCC#N)c2ccccc2)C(C)(C)O1. The number of nitriles is 1. The second kappa shape index (κ2) is 5.46. The minimum atomic E-state index is -0.213. The van der Waals surface area contributed by atoms with Crippen LogP contribution in [0.2, 0.25) is 0 Å². The molecule has 20 heavy (non-hydrogen) atoms. The average molecular weight is 272 g/mol. The number of hydrogen-bond donors (Lipinski definition) is 0. The van der Waals surface area contributed by atoms with Crippen molar-refractivity contribution >= 4 is 5.69 Å². The van der Waals surface area contributed by atoms with Crippen molar-refractivity contribution in [2.45, 2.75) is 57.8 Å². The summed E-state index contributed by atoms with van der Waals surface area (Å²) in [6.45, 7) is 9.32. The second-order valence-electron chi connectivity index (χ2n) is 6.62. The first-order valence-electron chi connectivity index (χ1n) is 7.24. The van der Waals surface area contributed by atoms with E-state index in [1.165, 1.54) is 5.69 Å². The Balaban J connectivity index is 2.30. The Hall–Kier alpha value is -1.53. The van der Waals surface area contributed by atoms with E-state index in [0.717, 1.165) is 13.0 Å². The number of para-hydroxylation sites is 1. The predicted molar refractivity (Wildman–Crippen MR) is 81.7 cm³/mol. The van der Waals surface area contributed by atoms with Crippen LogP contribution in [0.3, 0.4) is 0 Å². The van der Waals surface area contributed by atoms with Crippen LogP contribution in [0.25, 0.3) is 0 Å². The van der Waals surface area contributed by atoms with Gasteiger partial charge in [-0.05, 0) is 46.2 Å². The molecule has 0 saturated carbocycles.